The number of rotatable bonds is 7. The number of carboxylic acid groups (broad SMARTS) is 1. The van der Waals surface area contributed by atoms with E-state index in [1.54, 1.807) is 12.1 Å². The molecule has 3 aliphatic heterocycles. The third-order valence-corrected chi connectivity index (χ3v) is 8.60. The summed E-state index contributed by atoms with van der Waals surface area (Å²) in [5.74, 6) is -1.39. The molecule has 11 heteroatoms. The summed E-state index contributed by atoms with van der Waals surface area (Å²) >= 11 is 2.76. The fourth-order valence-electron chi connectivity index (χ4n) is 4.58. The molecule has 2 atom stereocenters. The van der Waals surface area contributed by atoms with Gasteiger partial charge < -0.3 is 21.5 Å². The highest BCUT2D eigenvalue weighted by Crippen LogP contribution is 2.49. The van der Waals surface area contributed by atoms with Gasteiger partial charge in [0.1, 0.15) is 17.1 Å². The normalized spacial score (nSPS) is 25.5. The van der Waals surface area contributed by atoms with Crippen molar-refractivity contribution >= 4 is 52.9 Å². The number of amides is 3. The maximum atomic E-state index is 13.0. The number of thioether (sulfide) groups is 2. The number of hydrogen-bond donors (Lipinski definition) is 4. The zero-order chi connectivity index (χ0) is 24.0. The molecule has 178 valence electrons. The number of carboxylic acids is 1. The lowest BCUT2D eigenvalue weighted by Gasteiger charge is -2.49. The molecule has 3 fully saturated rings. The van der Waals surface area contributed by atoms with Crippen LogP contribution >= 0.6 is 23.5 Å². The third-order valence-electron chi connectivity index (χ3n) is 6.31. The molecule has 4 aliphatic rings. The van der Waals surface area contributed by atoms with Gasteiger partial charge in [-0.05, 0) is 60.6 Å². The first-order valence-electron chi connectivity index (χ1n) is 11.1. The average Bonchev–Trinajstić information content (AvgIpc) is 3.57. The maximum absolute atomic E-state index is 13.0. The van der Waals surface area contributed by atoms with E-state index >= 15 is 0 Å². The molecule has 3 heterocycles. The van der Waals surface area contributed by atoms with E-state index in [4.69, 9.17) is 5.73 Å². The van der Waals surface area contributed by atoms with Crippen molar-refractivity contribution in [1.29, 1.82) is 0 Å². The number of benzene rings is 1. The molecule has 2 saturated heterocycles. The van der Waals surface area contributed by atoms with Crippen LogP contribution in [0.3, 0.4) is 0 Å². The molecule has 0 unspecified atom stereocenters. The number of carbonyl (C=O) groups is 4. The van der Waals surface area contributed by atoms with Gasteiger partial charge in [-0.1, -0.05) is 0 Å². The quantitative estimate of drug-likeness (QED) is 0.190. The molecule has 34 heavy (non-hydrogen) atoms. The number of fused-ring (bicyclic) bond motifs is 1. The number of hydrogen-bond acceptors (Lipinski definition) is 7. The first-order valence-corrected chi connectivity index (χ1v) is 13.1. The molecular weight excluding hydrogens is 476 g/mol. The van der Waals surface area contributed by atoms with Crippen molar-refractivity contribution in [3.63, 3.8) is 0 Å². The van der Waals surface area contributed by atoms with Gasteiger partial charge in [0.05, 0.1) is 5.75 Å². The van der Waals surface area contributed by atoms with Gasteiger partial charge in [-0.3, -0.25) is 19.3 Å². The topological polar surface area (TPSA) is 142 Å². The highest BCUT2D eigenvalue weighted by Gasteiger charge is 2.55. The van der Waals surface area contributed by atoms with Crippen molar-refractivity contribution in [2.75, 3.05) is 23.8 Å². The molecule has 9 nitrogen and oxygen atoms in total. The van der Waals surface area contributed by atoms with E-state index in [1.807, 2.05) is 12.1 Å². The molecule has 1 aliphatic carbocycles. The number of nitrogens with zero attached hydrogens (tertiary/aromatic N) is 1. The second kappa shape index (κ2) is 9.03. The molecule has 3 amide bonds. The molecule has 0 spiro atoms. The van der Waals surface area contributed by atoms with Crippen molar-refractivity contribution in [1.82, 2.24) is 15.5 Å². The van der Waals surface area contributed by atoms with Gasteiger partial charge in [0.25, 0.3) is 5.91 Å². The summed E-state index contributed by atoms with van der Waals surface area (Å²) in [6.45, 7) is 0.543. The molecule has 0 radical (unpaired) electrons. The lowest BCUT2D eigenvalue weighted by molar-refractivity contribution is -0.150. The van der Waals surface area contributed by atoms with E-state index in [9.17, 15) is 24.3 Å². The minimum Gasteiger partial charge on any atom is -0.477 e. The number of carbonyl (C=O) groups excluding carboxylic acids is 3. The van der Waals surface area contributed by atoms with Crippen LogP contribution in [0.25, 0.3) is 0 Å². The SMILES string of the molecule is Nc1ccc(SCC(=O)N[C@@H]2C(=O)N3C(C(=O)O)=C(C(=C4CCNC4=O)C4CC4)CS[C@H]23)cc1. The lowest BCUT2D eigenvalue weighted by Crippen LogP contribution is -2.70. The number of nitrogen functional groups attached to an aromatic ring is 1. The zero-order valence-corrected chi connectivity index (χ0v) is 19.8. The van der Waals surface area contributed by atoms with E-state index in [2.05, 4.69) is 10.6 Å². The number of nitrogens with one attached hydrogen (secondary N) is 2. The highest BCUT2D eigenvalue weighted by molar-refractivity contribution is 8.00. The monoisotopic (exact) mass is 500 g/mol. The number of β-lactam (4-membered cyclic amide) rings is 1. The van der Waals surface area contributed by atoms with Crippen molar-refractivity contribution in [3.05, 3.63) is 46.7 Å². The minimum atomic E-state index is -1.19. The van der Waals surface area contributed by atoms with E-state index < -0.39 is 23.3 Å². The van der Waals surface area contributed by atoms with E-state index in [-0.39, 0.29) is 29.2 Å². The van der Waals surface area contributed by atoms with Crippen LogP contribution in [0.2, 0.25) is 0 Å². The molecule has 1 saturated carbocycles. The highest BCUT2D eigenvalue weighted by atomic mass is 32.2. The Labute approximate surface area is 204 Å². The molecular formula is C23H24N4O5S2. The summed E-state index contributed by atoms with van der Waals surface area (Å²) in [6.07, 6.45) is 2.39. The summed E-state index contributed by atoms with van der Waals surface area (Å²) in [7, 11) is 0. The maximum Gasteiger partial charge on any atom is 0.352 e. The Balaban J connectivity index is 1.32. The van der Waals surface area contributed by atoms with Gasteiger partial charge >= 0.3 is 5.97 Å². The van der Waals surface area contributed by atoms with E-state index in [0.717, 1.165) is 23.3 Å². The van der Waals surface area contributed by atoms with Gasteiger partial charge in [-0.25, -0.2) is 4.79 Å². The second-order valence-electron chi connectivity index (χ2n) is 8.62. The Bertz CT molecular complexity index is 1140. The van der Waals surface area contributed by atoms with Crippen LogP contribution in [0.5, 0.6) is 0 Å². The van der Waals surface area contributed by atoms with E-state index in [0.29, 0.717) is 35.6 Å². The van der Waals surface area contributed by atoms with Crippen LogP contribution in [0.15, 0.2) is 51.6 Å². The third kappa shape index (κ3) is 4.18. The Morgan fingerprint density at radius 3 is 2.59 bits per heavy atom. The minimum absolute atomic E-state index is 0.0513. The number of nitrogens with two attached hydrogens (primary N) is 1. The Kier molecular flexibility index (Phi) is 6.07. The summed E-state index contributed by atoms with van der Waals surface area (Å²) in [6, 6.07) is 6.38. The lowest BCUT2D eigenvalue weighted by atomic mass is 9.91. The Hall–Kier alpha value is -2.92. The predicted molar refractivity (Wildman–Crippen MR) is 129 cm³/mol. The Morgan fingerprint density at radius 1 is 1.24 bits per heavy atom. The van der Waals surface area contributed by atoms with Crippen molar-refractivity contribution < 1.29 is 24.3 Å². The average molecular weight is 501 g/mol. The molecule has 1 aromatic rings. The van der Waals surface area contributed by atoms with Crippen LogP contribution < -0.4 is 16.4 Å². The van der Waals surface area contributed by atoms with Crippen LogP contribution in [0.4, 0.5) is 5.69 Å². The van der Waals surface area contributed by atoms with E-state index in [1.165, 1.54) is 28.4 Å². The van der Waals surface area contributed by atoms with Gasteiger partial charge in [0.2, 0.25) is 11.8 Å². The van der Waals surface area contributed by atoms with Crippen LogP contribution in [0.1, 0.15) is 19.3 Å². The summed E-state index contributed by atoms with van der Waals surface area (Å²) < 4.78 is 0. The summed E-state index contributed by atoms with van der Waals surface area (Å²) in [5, 5.41) is 15.1. The van der Waals surface area contributed by atoms with Gasteiger partial charge in [0, 0.05) is 28.5 Å². The molecule has 0 aromatic heterocycles. The van der Waals surface area contributed by atoms with Crippen molar-refractivity contribution in [2.24, 2.45) is 5.92 Å². The largest absolute Gasteiger partial charge is 0.477 e. The first-order chi connectivity index (χ1) is 16.3. The zero-order valence-electron chi connectivity index (χ0n) is 18.2. The number of allylic oxidation sites excluding steroid dienone is 1. The van der Waals surface area contributed by atoms with Gasteiger partial charge in [0.15, 0.2) is 0 Å². The Morgan fingerprint density at radius 2 is 1.97 bits per heavy atom. The molecule has 5 N–H and O–H groups in total. The summed E-state index contributed by atoms with van der Waals surface area (Å²) in [5.41, 5.74) is 8.28. The van der Waals surface area contributed by atoms with Crippen molar-refractivity contribution in [2.45, 2.75) is 35.6 Å². The number of aliphatic carboxylic acids is 1. The van der Waals surface area contributed by atoms with Gasteiger partial charge in [-0.15, -0.1) is 23.5 Å². The fraction of sp³-hybridized carbons (Fsp3) is 0.391. The van der Waals surface area contributed by atoms with Gasteiger partial charge in [-0.2, -0.15) is 0 Å². The molecule has 5 rings (SSSR count). The molecule has 0 bridgehead atoms. The van der Waals surface area contributed by atoms with Crippen LogP contribution in [0, 0.1) is 5.92 Å². The fourth-order valence-corrected chi connectivity index (χ4v) is 6.65. The summed E-state index contributed by atoms with van der Waals surface area (Å²) in [4.78, 5) is 52.3. The predicted octanol–water partition coefficient (Wildman–Crippen LogP) is 1.33. The first kappa shape index (κ1) is 22.9. The molecule has 1 aromatic carbocycles. The van der Waals surface area contributed by atoms with Crippen LogP contribution in [-0.4, -0.2) is 63.2 Å². The second-order valence-corrected chi connectivity index (χ2v) is 10.8. The van der Waals surface area contributed by atoms with Crippen LogP contribution in [-0.2, 0) is 19.2 Å². The van der Waals surface area contributed by atoms with Crippen molar-refractivity contribution in [3.8, 4) is 0 Å². The number of anilines is 1. The smallest absolute Gasteiger partial charge is 0.352 e. The standard InChI is InChI=1S/C23H24N4O5S2/c24-12-3-5-13(6-4-12)33-10-16(28)26-18-21(30)27-19(23(31)32)15(9-34-22(18)27)17(11-1-2-11)14-7-8-25-20(14)29/h3-6,11,18,22H,1-2,7-10,24H2,(H,25,29)(H,26,28)(H,31,32)/t18-,22-/m1/s1.